The first-order valence-corrected chi connectivity index (χ1v) is 9.67. The highest BCUT2D eigenvalue weighted by Crippen LogP contribution is 2.31. The zero-order valence-corrected chi connectivity index (χ0v) is 16.8. The molecule has 4 aromatic rings. The second kappa shape index (κ2) is 7.84. The summed E-state index contributed by atoms with van der Waals surface area (Å²) in [6, 6.07) is 24.3. The summed E-state index contributed by atoms with van der Waals surface area (Å²) in [6.45, 7) is 4.16. The van der Waals surface area contributed by atoms with Crippen molar-refractivity contribution in [1.82, 2.24) is 0 Å². The molecule has 4 heteroatoms. The van der Waals surface area contributed by atoms with Gasteiger partial charge >= 0.3 is 5.97 Å². The smallest absolute Gasteiger partial charge is 0.335 e. The third-order valence-corrected chi connectivity index (χ3v) is 5.07. The first kappa shape index (κ1) is 19.4. The van der Waals surface area contributed by atoms with Crippen molar-refractivity contribution >= 4 is 28.3 Å². The van der Waals surface area contributed by atoms with Crippen LogP contribution in [-0.4, -0.2) is 17.0 Å². The molecular weight excluding hydrogens is 374 g/mol. The number of carbonyl (C=O) groups excluding carboxylic acids is 1. The number of aryl methyl sites for hydroxylation is 2. The predicted molar refractivity (Wildman–Crippen MR) is 120 cm³/mol. The van der Waals surface area contributed by atoms with E-state index in [1.165, 1.54) is 23.3 Å². The first-order chi connectivity index (χ1) is 14.4. The first-order valence-electron chi connectivity index (χ1n) is 9.67. The molecule has 148 valence electrons. The van der Waals surface area contributed by atoms with Crippen LogP contribution in [0, 0.1) is 13.8 Å². The van der Waals surface area contributed by atoms with Crippen LogP contribution in [0.15, 0.2) is 78.9 Å². The highest BCUT2D eigenvalue weighted by atomic mass is 16.4. The number of carboxylic acids is 1. The van der Waals surface area contributed by atoms with Crippen molar-refractivity contribution in [1.29, 1.82) is 0 Å². The molecule has 0 atom stereocenters. The number of anilines is 1. The van der Waals surface area contributed by atoms with E-state index in [9.17, 15) is 9.59 Å². The molecule has 0 unspecified atom stereocenters. The van der Waals surface area contributed by atoms with Gasteiger partial charge in [-0.2, -0.15) is 0 Å². The molecule has 0 aliphatic carbocycles. The number of benzene rings is 4. The fourth-order valence-electron chi connectivity index (χ4n) is 3.70. The number of nitrogens with one attached hydrogen (secondary N) is 1. The fraction of sp³-hybridized carbons (Fsp3) is 0.0769. The molecule has 4 aromatic carbocycles. The van der Waals surface area contributed by atoms with E-state index in [2.05, 4.69) is 43.4 Å². The van der Waals surface area contributed by atoms with E-state index in [4.69, 9.17) is 5.11 Å². The minimum atomic E-state index is -0.999. The molecule has 30 heavy (non-hydrogen) atoms. The molecule has 0 aliphatic heterocycles. The largest absolute Gasteiger partial charge is 0.478 e. The highest BCUT2D eigenvalue weighted by molar-refractivity contribution is 6.08. The molecule has 0 aromatic heterocycles. The summed E-state index contributed by atoms with van der Waals surface area (Å²) in [5.74, 6) is -1.24. The predicted octanol–water partition coefficient (Wildman–Crippen LogP) is 6.07. The molecule has 1 amide bonds. The molecule has 2 N–H and O–H groups in total. The number of aromatic carboxylic acids is 1. The number of rotatable bonds is 4. The third-order valence-electron chi connectivity index (χ3n) is 5.07. The summed E-state index contributed by atoms with van der Waals surface area (Å²) in [5, 5.41) is 13.9. The zero-order chi connectivity index (χ0) is 21.3. The summed E-state index contributed by atoms with van der Waals surface area (Å²) < 4.78 is 0. The van der Waals surface area contributed by atoms with Gasteiger partial charge in [-0.1, -0.05) is 53.6 Å². The van der Waals surface area contributed by atoms with Gasteiger partial charge in [0.15, 0.2) is 0 Å². The van der Waals surface area contributed by atoms with E-state index in [1.54, 1.807) is 18.2 Å². The molecular formula is C26H21NO3. The van der Waals surface area contributed by atoms with Crippen LogP contribution in [0.1, 0.15) is 31.8 Å². The van der Waals surface area contributed by atoms with Gasteiger partial charge in [-0.25, -0.2) is 4.79 Å². The maximum Gasteiger partial charge on any atom is 0.335 e. The standard InChI is InChI=1S/C26H21NO3/c1-16-12-17(2)14-21(13-16)23-5-3-4-18-6-7-20(15-24(18)23)25(28)27-22-10-8-19(9-11-22)26(29)30/h3-15H,1-2H3,(H,27,28)(H,29,30). The van der Waals surface area contributed by atoms with Gasteiger partial charge in [-0.05, 0) is 72.1 Å². The van der Waals surface area contributed by atoms with Crippen molar-refractivity contribution in [3.63, 3.8) is 0 Å². The minimum absolute atomic E-state index is 0.178. The van der Waals surface area contributed by atoms with Crippen LogP contribution in [-0.2, 0) is 0 Å². The average molecular weight is 395 g/mol. The fourth-order valence-corrected chi connectivity index (χ4v) is 3.70. The van der Waals surface area contributed by atoms with Gasteiger partial charge in [-0.3, -0.25) is 4.79 Å². The Bertz CT molecular complexity index is 1250. The van der Waals surface area contributed by atoms with Crippen LogP contribution in [0.5, 0.6) is 0 Å². The van der Waals surface area contributed by atoms with Crippen LogP contribution in [0.3, 0.4) is 0 Å². The van der Waals surface area contributed by atoms with E-state index < -0.39 is 5.97 Å². The molecule has 0 saturated carbocycles. The number of amides is 1. The van der Waals surface area contributed by atoms with E-state index in [0.29, 0.717) is 11.3 Å². The van der Waals surface area contributed by atoms with E-state index in [1.807, 2.05) is 24.3 Å². The minimum Gasteiger partial charge on any atom is -0.478 e. The lowest BCUT2D eigenvalue weighted by molar-refractivity contribution is 0.0696. The number of hydrogen-bond donors (Lipinski definition) is 2. The highest BCUT2D eigenvalue weighted by Gasteiger charge is 2.11. The Balaban J connectivity index is 1.70. The lowest BCUT2D eigenvalue weighted by Gasteiger charge is -2.11. The molecule has 0 fully saturated rings. The van der Waals surface area contributed by atoms with Crippen LogP contribution in [0.4, 0.5) is 5.69 Å². The van der Waals surface area contributed by atoms with E-state index >= 15 is 0 Å². The quantitative estimate of drug-likeness (QED) is 0.440. The van der Waals surface area contributed by atoms with E-state index in [0.717, 1.165) is 21.9 Å². The van der Waals surface area contributed by atoms with Gasteiger partial charge in [0, 0.05) is 11.3 Å². The van der Waals surface area contributed by atoms with Crippen molar-refractivity contribution in [2.24, 2.45) is 0 Å². The van der Waals surface area contributed by atoms with Gasteiger partial charge < -0.3 is 10.4 Å². The maximum atomic E-state index is 12.8. The van der Waals surface area contributed by atoms with Crippen molar-refractivity contribution in [3.8, 4) is 11.1 Å². The number of carboxylic acid groups (broad SMARTS) is 1. The Morgan fingerprint density at radius 1 is 0.767 bits per heavy atom. The maximum absolute atomic E-state index is 12.8. The molecule has 0 bridgehead atoms. The SMILES string of the molecule is Cc1cc(C)cc(-c2cccc3ccc(C(=O)Nc4ccc(C(=O)O)cc4)cc23)c1. The Morgan fingerprint density at radius 2 is 1.43 bits per heavy atom. The van der Waals surface area contributed by atoms with Crippen LogP contribution in [0.25, 0.3) is 21.9 Å². The van der Waals surface area contributed by atoms with Gasteiger partial charge in [0.1, 0.15) is 0 Å². The third kappa shape index (κ3) is 3.94. The molecule has 0 radical (unpaired) electrons. The normalized spacial score (nSPS) is 10.7. The summed E-state index contributed by atoms with van der Waals surface area (Å²) in [4.78, 5) is 23.8. The Labute approximate surface area is 174 Å². The summed E-state index contributed by atoms with van der Waals surface area (Å²) in [7, 11) is 0. The Kier molecular flexibility index (Phi) is 5.07. The molecule has 0 aliphatic rings. The van der Waals surface area contributed by atoms with Gasteiger partial charge in [0.25, 0.3) is 5.91 Å². The average Bonchev–Trinajstić information content (AvgIpc) is 2.72. The molecule has 0 spiro atoms. The van der Waals surface area contributed by atoms with Crippen LogP contribution >= 0.6 is 0 Å². The van der Waals surface area contributed by atoms with Crippen LogP contribution in [0.2, 0.25) is 0 Å². The topological polar surface area (TPSA) is 66.4 Å². The number of fused-ring (bicyclic) bond motifs is 1. The van der Waals surface area contributed by atoms with Crippen molar-refractivity contribution in [2.45, 2.75) is 13.8 Å². The molecule has 0 heterocycles. The van der Waals surface area contributed by atoms with Gasteiger partial charge in [0.05, 0.1) is 5.56 Å². The summed E-state index contributed by atoms with van der Waals surface area (Å²) in [5.41, 5.74) is 5.87. The lowest BCUT2D eigenvalue weighted by Crippen LogP contribution is -2.12. The van der Waals surface area contributed by atoms with Crippen molar-refractivity contribution in [3.05, 3.63) is 101 Å². The number of hydrogen-bond acceptors (Lipinski definition) is 2. The summed E-state index contributed by atoms with van der Waals surface area (Å²) in [6.07, 6.45) is 0. The molecule has 0 saturated heterocycles. The number of carbonyl (C=O) groups is 2. The second-order valence-electron chi connectivity index (χ2n) is 7.45. The molecule has 4 nitrogen and oxygen atoms in total. The van der Waals surface area contributed by atoms with Crippen molar-refractivity contribution in [2.75, 3.05) is 5.32 Å². The monoisotopic (exact) mass is 395 g/mol. The van der Waals surface area contributed by atoms with Gasteiger partial charge in [-0.15, -0.1) is 0 Å². The Hall–Kier alpha value is -3.92. The van der Waals surface area contributed by atoms with Crippen LogP contribution < -0.4 is 5.32 Å². The molecule has 4 rings (SSSR count). The van der Waals surface area contributed by atoms with Gasteiger partial charge in [0.2, 0.25) is 0 Å². The Morgan fingerprint density at radius 3 is 2.10 bits per heavy atom. The second-order valence-corrected chi connectivity index (χ2v) is 7.45. The zero-order valence-electron chi connectivity index (χ0n) is 16.8. The van der Waals surface area contributed by atoms with Crippen molar-refractivity contribution < 1.29 is 14.7 Å². The lowest BCUT2D eigenvalue weighted by atomic mass is 9.94. The summed E-state index contributed by atoms with van der Waals surface area (Å²) >= 11 is 0. The van der Waals surface area contributed by atoms with E-state index in [-0.39, 0.29) is 11.5 Å².